The smallest absolute Gasteiger partial charge is 0.143 e. The van der Waals surface area contributed by atoms with Crippen LogP contribution in [0.15, 0.2) is 0 Å². The van der Waals surface area contributed by atoms with Gasteiger partial charge in [0.25, 0.3) is 0 Å². The molecule has 1 unspecified atom stereocenters. The van der Waals surface area contributed by atoms with Crippen LogP contribution in [0.1, 0.15) is 105 Å². The van der Waals surface area contributed by atoms with E-state index in [1.165, 1.54) is 64.2 Å². The first-order valence-electron chi connectivity index (χ1n) is 11.0. The molecule has 0 saturated carbocycles. The summed E-state index contributed by atoms with van der Waals surface area (Å²) in [4.78, 5) is 11.6. The van der Waals surface area contributed by atoms with E-state index in [4.69, 9.17) is 0 Å². The molecule has 1 atom stereocenters. The number of carbonyl (C=O) groups excluding carboxylic acids is 1. The Hall–Kier alpha value is -0.610. The second-order valence-corrected chi connectivity index (χ2v) is 8.83. The van der Waals surface area contributed by atoms with Crippen molar-refractivity contribution >= 4 is 5.97 Å². The van der Waals surface area contributed by atoms with Gasteiger partial charge in [-0.15, -0.1) is 0 Å². The van der Waals surface area contributed by atoms with Crippen molar-refractivity contribution in [2.24, 2.45) is 0 Å². The zero-order valence-corrected chi connectivity index (χ0v) is 18.5. The SMILES string of the molecule is CCCCCCCCCCCCNC(CCC)[N+](C)(C)C(C)(C)C(=O)[O-]. The maximum Gasteiger partial charge on any atom is 0.143 e. The number of carboxylic acid groups (broad SMARTS) is 1. The standard InChI is InChI=1S/C22H46N2O2/c1-7-9-10-11-12-13-14-15-16-17-19-23-20(18-8-2)24(5,6)22(3,4)21(25)26/h20,23H,7-19H2,1-6H3. The third kappa shape index (κ3) is 8.85. The van der Waals surface area contributed by atoms with Crippen LogP contribution in [0.2, 0.25) is 0 Å². The molecule has 0 bridgehead atoms. The largest absolute Gasteiger partial charge is 0.544 e. The van der Waals surface area contributed by atoms with Gasteiger partial charge in [0, 0.05) is 13.0 Å². The monoisotopic (exact) mass is 370 g/mol. The molecule has 0 aliphatic heterocycles. The number of quaternary nitrogens is 1. The fourth-order valence-corrected chi connectivity index (χ4v) is 3.43. The fraction of sp³-hybridized carbons (Fsp3) is 0.955. The highest BCUT2D eigenvalue weighted by Crippen LogP contribution is 2.25. The normalized spacial score (nSPS) is 13.8. The first kappa shape index (κ1) is 25.4. The molecule has 1 N–H and O–H groups in total. The van der Waals surface area contributed by atoms with Gasteiger partial charge >= 0.3 is 0 Å². The maximum atomic E-state index is 11.6. The van der Waals surface area contributed by atoms with Gasteiger partial charge in [0.1, 0.15) is 17.7 Å². The summed E-state index contributed by atoms with van der Waals surface area (Å²) in [5.74, 6) is -0.982. The molecular weight excluding hydrogens is 324 g/mol. The Morgan fingerprint density at radius 2 is 1.35 bits per heavy atom. The number of nitrogens with one attached hydrogen (secondary N) is 1. The summed E-state index contributed by atoms with van der Waals surface area (Å²) in [6.45, 7) is 8.92. The highest BCUT2D eigenvalue weighted by Gasteiger charge is 2.43. The summed E-state index contributed by atoms with van der Waals surface area (Å²) >= 11 is 0. The number of aliphatic carboxylic acids is 1. The molecule has 0 rings (SSSR count). The second kappa shape index (κ2) is 13.5. The van der Waals surface area contributed by atoms with Crippen molar-refractivity contribution in [2.45, 2.75) is 116 Å². The summed E-state index contributed by atoms with van der Waals surface area (Å²) in [7, 11) is 4.00. The topological polar surface area (TPSA) is 52.2 Å². The van der Waals surface area contributed by atoms with Crippen LogP contribution in [0.3, 0.4) is 0 Å². The highest BCUT2D eigenvalue weighted by atomic mass is 16.4. The van der Waals surface area contributed by atoms with Gasteiger partial charge in [0.05, 0.1) is 14.1 Å². The summed E-state index contributed by atoms with van der Waals surface area (Å²) in [5.41, 5.74) is -0.912. The van der Waals surface area contributed by atoms with E-state index in [1.807, 2.05) is 14.1 Å². The van der Waals surface area contributed by atoms with Crippen LogP contribution < -0.4 is 10.4 Å². The molecule has 26 heavy (non-hydrogen) atoms. The first-order chi connectivity index (χ1) is 12.2. The van der Waals surface area contributed by atoms with Gasteiger partial charge < -0.3 is 14.4 Å². The molecule has 0 spiro atoms. The quantitative estimate of drug-likeness (QED) is 0.237. The van der Waals surface area contributed by atoms with E-state index in [-0.39, 0.29) is 6.17 Å². The lowest BCUT2D eigenvalue weighted by Gasteiger charge is -2.50. The molecule has 0 aromatic heterocycles. The summed E-state index contributed by atoms with van der Waals surface area (Å²) in [5, 5.41) is 15.2. The van der Waals surface area contributed by atoms with Crippen LogP contribution in [0, 0.1) is 0 Å². The number of carboxylic acids is 1. The predicted molar refractivity (Wildman–Crippen MR) is 110 cm³/mol. The number of unbranched alkanes of at least 4 members (excludes halogenated alkanes) is 9. The number of carbonyl (C=O) groups is 1. The molecule has 0 aliphatic rings. The minimum Gasteiger partial charge on any atom is -0.544 e. The van der Waals surface area contributed by atoms with Crippen LogP contribution in [0.4, 0.5) is 0 Å². The lowest BCUT2D eigenvalue weighted by atomic mass is 9.98. The Kier molecular flexibility index (Phi) is 13.2. The molecule has 0 radical (unpaired) electrons. The summed E-state index contributed by atoms with van der Waals surface area (Å²) < 4.78 is 0.404. The van der Waals surface area contributed by atoms with Crippen molar-refractivity contribution in [1.29, 1.82) is 0 Å². The zero-order chi connectivity index (χ0) is 20.1. The van der Waals surface area contributed by atoms with Gasteiger partial charge in [-0.2, -0.15) is 0 Å². The molecule has 0 heterocycles. The molecule has 0 aromatic rings. The minimum atomic E-state index is -0.982. The number of nitrogens with zero attached hydrogens (tertiary/aromatic N) is 1. The van der Waals surface area contributed by atoms with Gasteiger partial charge in [-0.1, -0.05) is 71.6 Å². The van der Waals surface area contributed by atoms with E-state index < -0.39 is 11.5 Å². The average Bonchev–Trinajstić information content (AvgIpc) is 2.58. The number of rotatable bonds is 17. The summed E-state index contributed by atoms with van der Waals surface area (Å²) in [6.07, 6.45) is 15.5. The average molecular weight is 371 g/mol. The Bertz CT molecular complexity index is 367. The van der Waals surface area contributed by atoms with E-state index in [2.05, 4.69) is 19.2 Å². The molecule has 0 aromatic carbocycles. The number of likely N-dealkylation sites (N-methyl/N-ethyl adjacent to an activating group) is 1. The minimum absolute atomic E-state index is 0.145. The van der Waals surface area contributed by atoms with E-state index in [9.17, 15) is 9.90 Å². The van der Waals surface area contributed by atoms with E-state index in [0.717, 1.165) is 19.4 Å². The fourth-order valence-electron chi connectivity index (χ4n) is 3.43. The lowest BCUT2D eigenvalue weighted by molar-refractivity contribution is -0.956. The third-order valence-electron chi connectivity index (χ3n) is 6.19. The molecule has 0 saturated heterocycles. The molecule has 0 aliphatic carbocycles. The van der Waals surface area contributed by atoms with Crippen LogP contribution >= 0.6 is 0 Å². The molecule has 4 nitrogen and oxygen atoms in total. The molecule has 4 heteroatoms. The molecule has 0 amide bonds. The van der Waals surface area contributed by atoms with Crippen LogP contribution in [-0.2, 0) is 4.79 Å². The number of hydrogen-bond acceptors (Lipinski definition) is 3. The van der Waals surface area contributed by atoms with Crippen molar-refractivity contribution < 1.29 is 14.4 Å². The highest BCUT2D eigenvalue weighted by molar-refractivity contribution is 5.73. The lowest BCUT2D eigenvalue weighted by Crippen LogP contribution is -2.71. The van der Waals surface area contributed by atoms with Gasteiger partial charge in [0.2, 0.25) is 0 Å². The van der Waals surface area contributed by atoms with E-state index >= 15 is 0 Å². The van der Waals surface area contributed by atoms with Crippen LogP contribution in [0.5, 0.6) is 0 Å². The Labute approximate surface area is 163 Å². The Balaban J connectivity index is 4.07. The molecule has 0 fully saturated rings. The Morgan fingerprint density at radius 3 is 1.77 bits per heavy atom. The second-order valence-electron chi connectivity index (χ2n) is 8.83. The number of hydrogen-bond donors (Lipinski definition) is 1. The van der Waals surface area contributed by atoms with Crippen molar-refractivity contribution in [1.82, 2.24) is 5.32 Å². The zero-order valence-electron chi connectivity index (χ0n) is 18.5. The first-order valence-corrected chi connectivity index (χ1v) is 11.0. The van der Waals surface area contributed by atoms with Crippen molar-refractivity contribution in [2.75, 3.05) is 20.6 Å². The van der Waals surface area contributed by atoms with Crippen molar-refractivity contribution in [3.05, 3.63) is 0 Å². The van der Waals surface area contributed by atoms with Crippen molar-refractivity contribution in [3.8, 4) is 0 Å². The van der Waals surface area contributed by atoms with Crippen molar-refractivity contribution in [3.63, 3.8) is 0 Å². The van der Waals surface area contributed by atoms with Gasteiger partial charge in [-0.05, 0) is 26.7 Å². The van der Waals surface area contributed by atoms with Gasteiger partial charge in [-0.25, -0.2) is 0 Å². The van der Waals surface area contributed by atoms with E-state index in [1.54, 1.807) is 13.8 Å². The Morgan fingerprint density at radius 1 is 0.885 bits per heavy atom. The van der Waals surface area contributed by atoms with Gasteiger partial charge in [-0.3, -0.25) is 5.32 Å². The van der Waals surface area contributed by atoms with Crippen LogP contribution in [0.25, 0.3) is 0 Å². The molecule has 156 valence electrons. The molecular formula is C22H46N2O2. The predicted octanol–water partition coefficient (Wildman–Crippen LogP) is 4.23. The van der Waals surface area contributed by atoms with Gasteiger partial charge in [0.15, 0.2) is 0 Å². The third-order valence-corrected chi connectivity index (χ3v) is 6.19. The maximum absolute atomic E-state index is 11.6. The van der Waals surface area contributed by atoms with E-state index in [0.29, 0.717) is 4.48 Å². The van der Waals surface area contributed by atoms with Crippen LogP contribution in [-0.4, -0.2) is 42.8 Å². The summed E-state index contributed by atoms with van der Waals surface area (Å²) in [6, 6.07) is 0.